The van der Waals surface area contributed by atoms with Crippen molar-refractivity contribution in [2.45, 2.75) is 6.92 Å². The zero-order chi connectivity index (χ0) is 19.6. The molecule has 0 spiro atoms. The van der Waals surface area contributed by atoms with Crippen LogP contribution in [0.3, 0.4) is 0 Å². The molecule has 1 aromatic carbocycles. The van der Waals surface area contributed by atoms with Crippen LogP contribution in [0.15, 0.2) is 47.1 Å². The Morgan fingerprint density at radius 1 is 1.00 bits per heavy atom. The summed E-state index contributed by atoms with van der Waals surface area (Å²) >= 11 is 0. The van der Waals surface area contributed by atoms with Gasteiger partial charge in [0.2, 0.25) is 15.9 Å². The van der Waals surface area contributed by atoms with Crippen LogP contribution in [0.1, 0.15) is 6.92 Å². The highest BCUT2D eigenvalue weighted by atomic mass is 32.2. The van der Waals surface area contributed by atoms with Crippen molar-refractivity contribution in [3.63, 3.8) is 0 Å². The highest BCUT2D eigenvalue weighted by Crippen LogP contribution is 2.24. The summed E-state index contributed by atoms with van der Waals surface area (Å²) < 4.78 is 31.3. The van der Waals surface area contributed by atoms with Crippen LogP contribution in [0.25, 0.3) is 23.0 Å². The van der Waals surface area contributed by atoms with Gasteiger partial charge in [0.25, 0.3) is 5.89 Å². The molecule has 0 bridgehead atoms. The average molecular weight is 400 g/mol. The quantitative estimate of drug-likeness (QED) is 0.637. The zero-order valence-electron chi connectivity index (χ0n) is 15.4. The molecule has 0 amide bonds. The van der Waals surface area contributed by atoms with Crippen molar-refractivity contribution in [1.82, 2.24) is 24.5 Å². The van der Waals surface area contributed by atoms with Crippen LogP contribution in [0.5, 0.6) is 0 Å². The van der Waals surface area contributed by atoms with Gasteiger partial charge in [0.1, 0.15) is 11.5 Å². The van der Waals surface area contributed by atoms with Gasteiger partial charge < -0.3 is 9.32 Å². The molecule has 1 fully saturated rings. The first kappa shape index (κ1) is 18.5. The van der Waals surface area contributed by atoms with Gasteiger partial charge >= 0.3 is 0 Å². The average Bonchev–Trinajstić information content (AvgIpc) is 3.25. The van der Waals surface area contributed by atoms with Crippen LogP contribution in [-0.4, -0.2) is 64.8 Å². The zero-order valence-corrected chi connectivity index (χ0v) is 16.2. The number of sulfonamides is 1. The summed E-state index contributed by atoms with van der Waals surface area (Å²) in [6, 6.07) is 9.50. The Labute approximate surface area is 163 Å². The maximum atomic E-state index is 12.0. The maximum Gasteiger partial charge on any atom is 0.268 e. The summed E-state index contributed by atoms with van der Waals surface area (Å²) in [5, 5.41) is 8.16. The smallest absolute Gasteiger partial charge is 0.268 e. The van der Waals surface area contributed by atoms with Crippen molar-refractivity contribution in [3.8, 4) is 23.0 Å². The maximum absolute atomic E-state index is 12.0. The third-order valence-corrected chi connectivity index (χ3v) is 6.49. The largest absolute Gasteiger partial charge is 0.415 e. The summed E-state index contributed by atoms with van der Waals surface area (Å²) in [6.45, 7) is 3.62. The molecule has 0 saturated carbocycles. The Balaban J connectivity index is 1.51. The summed E-state index contributed by atoms with van der Waals surface area (Å²) in [7, 11) is -3.16. The van der Waals surface area contributed by atoms with Gasteiger partial charge in [-0.3, -0.25) is 4.98 Å². The van der Waals surface area contributed by atoms with E-state index in [-0.39, 0.29) is 5.75 Å². The molecule has 146 valence electrons. The normalized spacial score (nSPS) is 15.7. The fourth-order valence-electron chi connectivity index (χ4n) is 3.01. The Kier molecular flexibility index (Phi) is 5.05. The van der Waals surface area contributed by atoms with E-state index in [0.29, 0.717) is 49.5 Å². The number of nitrogens with zero attached hydrogens (tertiary/aromatic N) is 6. The number of benzene rings is 1. The minimum Gasteiger partial charge on any atom is -0.415 e. The fraction of sp³-hybridized carbons (Fsp3) is 0.333. The number of anilines is 1. The van der Waals surface area contributed by atoms with E-state index in [0.717, 1.165) is 5.56 Å². The fourth-order valence-corrected chi connectivity index (χ4v) is 4.10. The molecule has 0 radical (unpaired) electrons. The molecule has 1 aliphatic rings. The van der Waals surface area contributed by atoms with E-state index in [9.17, 15) is 8.42 Å². The predicted molar refractivity (Wildman–Crippen MR) is 104 cm³/mol. The topological polar surface area (TPSA) is 105 Å². The van der Waals surface area contributed by atoms with Gasteiger partial charge in [-0.1, -0.05) is 18.2 Å². The lowest BCUT2D eigenvalue weighted by molar-refractivity contribution is 0.384. The van der Waals surface area contributed by atoms with Crippen LogP contribution < -0.4 is 4.90 Å². The molecule has 28 heavy (non-hydrogen) atoms. The first-order chi connectivity index (χ1) is 13.6. The first-order valence-electron chi connectivity index (χ1n) is 9.01. The van der Waals surface area contributed by atoms with Crippen LogP contribution >= 0.6 is 0 Å². The van der Waals surface area contributed by atoms with E-state index < -0.39 is 10.0 Å². The van der Waals surface area contributed by atoms with Gasteiger partial charge in [-0.15, -0.1) is 10.2 Å². The summed E-state index contributed by atoms with van der Waals surface area (Å²) in [4.78, 5) is 10.8. The molecule has 1 aliphatic heterocycles. The van der Waals surface area contributed by atoms with E-state index in [2.05, 4.69) is 20.2 Å². The third kappa shape index (κ3) is 3.73. The number of rotatable bonds is 5. The van der Waals surface area contributed by atoms with Crippen LogP contribution in [0.4, 0.5) is 5.82 Å². The van der Waals surface area contributed by atoms with Crippen LogP contribution in [0.2, 0.25) is 0 Å². The molecule has 9 nitrogen and oxygen atoms in total. The highest BCUT2D eigenvalue weighted by Gasteiger charge is 2.26. The Bertz CT molecular complexity index is 1050. The molecule has 1 saturated heterocycles. The molecule has 0 N–H and O–H groups in total. The van der Waals surface area contributed by atoms with Gasteiger partial charge in [-0.2, -0.15) is 4.31 Å². The van der Waals surface area contributed by atoms with Gasteiger partial charge in [-0.05, 0) is 19.1 Å². The second kappa shape index (κ2) is 7.64. The predicted octanol–water partition coefficient (Wildman–Crippen LogP) is 1.67. The minimum absolute atomic E-state index is 0.114. The van der Waals surface area contributed by atoms with E-state index in [4.69, 9.17) is 4.42 Å². The Morgan fingerprint density at radius 2 is 1.71 bits per heavy atom. The molecule has 0 atom stereocenters. The Morgan fingerprint density at radius 3 is 2.43 bits per heavy atom. The molecule has 10 heteroatoms. The van der Waals surface area contributed by atoms with Gasteiger partial charge in [-0.25, -0.2) is 13.4 Å². The lowest BCUT2D eigenvalue weighted by atomic mass is 10.2. The van der Waals surface area contributed by atoms with Crippen molar-refractivity contribution >= 4 is 15.8 Å². The van der Waals surface area contributed by atoms with E-state index in [1.54, 1.807) is 19.3 Å². The van der Waals surface area contributed by atoms with Crippen LogP contribution in [0, 0.1) is 0 Å². The van der Waals surface area contributed by atoms with E-state index in [1.165, 1.54) is 4.31 Å². The molecule has 0 aliphatic carbocycles. The number of piperazine rings is 1. The van der Waals surface area contributed by atoms with Gasteiger partial charge in [0, 0.05) is 31.7 Å². The van der Waals surface area contributed by atoms with E-state index >= 15 is 0 Å². The molecule has 3 heterocycles. The molecule has 0 unspecified atom stereocenters. The van der Waals surface area contributed by atoms with Crippen molar-refractivity contribution in [1.29, 1.82) is 0 Å². The molecular formula is C18H20N6O3S. The third-order valence-electron chi connectivity index (χ3n) is 4.61. The molecule has 3 aromatic rings. The SMILES string of the molecule is CCS(=O)(=O)N1CCN(c2cncc(-c3nnc(-c4ccccc4)o3)n2)CC1. The number of hydrogen-bond acceptors (Lipinski definition) is 8. The van der Waals surface area contributed by atoms with E-state index in [1.807, 2.05) is 35.2 Å². The highest BCUT2D eigenvalue weighted by molar-refractivity contribution is 7.89. The number of aromatic nitrogens is 4. The number of hydrogen-bond donors (Lipinski definition) is 0. The van der Waals surface area contributed by atoms with Crippen molar-refractivity contribution in [3.05, 3.63) is 42.7 Å². The molecule has 4 rings (SSSR count). The minimum atomic E-state index is -3.16. The standard InChI is InChI=1S/C18H20N6O3S/c1-2-28(25,26)24-10-8-23(9-11-24)16-13-19-12-15(20-16)18-22-21-17(27-18)14-6-4-3-5-7-14/h3-7,12-13H,2,8-11H2,1H3. The van der Waals surface area contributed by atoms with Gasteiger partial charge in [0.05, 0.1) is 18.1 Å². The van der Waals surface area contributed by atoms with Crippen LogP contribution in [-0.2, 0) is 10.0 Å². The molecular weight excluding hydrogens is 380 g/mol. The second-order valence-electron chi connectivity index (χ2n) is 6.33. The summed E-state index contributed by atoms with van der Waals surface area (Å²) in [5.74, 6) is 1.48. The van der Waals surface area contributed by atoms with Crippen molar-refractivity contribution in [2.24, 2.45) is 0 Å². The Hall–Kier alpha value is -2.85. The van der Waals surface area contributed by atoms with Gasteiger partial charge in [0.15, 0.2) is 0 Å². The molecule has 2 aromatic heterocycles. The van der Waals surface area contributed by atoms with Crippen molar-refractivity contribution in [2.75, 3.05) is 36.8 Å². The lowest BCUT2D eigenvalue weighted by Crippen LogP contribution is -2.49. The summed E-state index contributed by atoms with van der Waals surface area (Å²) in [6.07, 6.45) is 3.23. The lowest BCUT2D eigenvalue weighted by Gasteiger charge is -2.34. The monoisotopic (exact) mass is 400 g/mol. The summed E-state index contributed by atoms with van der Waals surface area (Å²) in [5.41, 5.74) is 1.31. The second-order valence-corrected chi connectivity index (χ2v) is 8.59. The van der Waals surface area contributed by atoms with Crippen molar-refractivity contribution < 1.29 is 12.8 Å². The first-order valence-corrected chi connectivity index (χ1v) is 10.6.